The zero-order valence-corrected chi connectivity index (χ0v) is 13.6. The second-order valence-corrected chi connectivity index (χ2v) is 7.91. The van der Waals surface area contributed by atoms with Gasteiger partial charge < -0.3 is 9.73 Å². The van der Waals surface area contributed by atoms with Gasteiger partial charge in [0.2, 0.25) is 0 Å². The molecule has 0 unspecified atom stereocenters. The molecule has 19 heavy (non-hydrogen) atoms. The Kier molecular flexibility index (Phi) is 3.83. The minimum Gasteiger partial charge on any atom is -0.457 e. The molecule has 0 aliphatic heterocycles. The molecule has 1 saturated carbocycles. The number of hydrogen-bond acceptors (Lipinski definition) is 2. The Morgan fingerprint density at radius 3 is 2.37 bits per heavy atom. The normalized spacial score (nSPS) is 22.2. The Labute approximate surface area is 123 Å². The quantitative estimate of drug-likeness (QED) is 0.875. The Morgan fingerprint density at radius 1 is 1.32 bits per heavy atom. The highest BCUT2D eigenvalue weighted by atomic mass is 79.9. The topological polar surface area (TPSA) is 42.2 Å². The first-order chi connectivity index (χ1) is 8.69. The van der Waals surface area contributed by atoms with E-state index in [1.807, 2.05) is 0 Å². The van der Waals surface area contributed by atoms with Crippen LogP contribution in [0.3, 0.4) is 0 Å². The molecule has 1 aromatic heterocycles. The molecule has 0 aromatic carbocycles. The molecule has 106 valence electrons. The molecule has 1 aliphatic rings. The first kappa shape index (κ1) is 14.6. The van der Waals surface area contributed by atoms with Crippen LogP contribution < -0.4 is 5.32 Å². The number of furan rings is 1. The van der Waals surface area contributed by atoms with Gasteiger partial charge in [-0.15, -0.1) is 0 Å². The van der Waals surface area contributed by atoms with E-state index in [0.29, 0.717) is 10.2 Å². The average molecular weight is 328 g/mol. The predicted molar refractivity (Wildman–Crippen MR) is 79.1 cm³/mol. The highest BCUT2D eigenvalue weighted by molar-refractivity contribution is 9.10. The van der Waals surface area contributed by atoms with Crippen LogP contribution >= 0.6 is 15.9 Å². The van der Waals surface area contributed by atoms with Gasteiger partial charge in [-0.3, -0.25) is 4.79 Å². The standard InChI is InChI=1S/C15H22BrNO2/c1-14(2)7-10(8-15(3,4)9-14)17-13(18)11-5-6-19-12(11)16/h5-6,10H,7-9H2,1-4H3,(H,17,18). The van der Waals surface area contributed by atoms with E-state index in [1.54, 1.807) is 6.07 Å². The Morgan fingerprint density at radius 2 is 1.89 bits per heavy atom. The van der Waals surface area contributed by atoms with E-state index in [4.69, 9.17) is 4.42 Å². The fourth-order valence-corrected chi connectivity index (χ4v) is 4.09. The van der Waals surface area contributed by atoms with Crippen LogP contribution in [0.1, 0.15) is 57.3 Å². The van der Waals surface area contributed by atoms with Crippen molar-refractivity contribution >= 4 is 21.8 Å². The maximum absolute atomic E-state index is 12.2. The van der Waals surface area contributed by atoms with E-state index in [-0.39, 0.29) is 22.8 Å². The van der Waals surface area contributed by atoms with Gasteiger partial charge in [-0.2, -0.15) is 0 Å². The number of hydrogen-bond donors (Lipinski definition) is 1. The van der Waals surface area contributed by atoms with Gasteiger partial charge in [0.1, 0.15) is 0 Å². The van der Waals surface area contributed by atoms with Crippen LogP contribution in [0.15, 0.2) is 21.4 Å². The zero-order valence-electron chi connectivity index (χ0n) is 12.0. The number of halogens is 1. The van der Waals surface area contributed by atoms with Crippen molar-refractivity contribution < 1.29 is 9.21 Å². The Bertz CT molecular complexity index is 460. The summed E-state index contributed by atoms with van der Waals surface area (Å²) in [6.45, 7) is 9.11. The van der Waals surface area contributed by atoms with E-state index in [9.17, 15) is 4.79 Å². The molecule has 1 aliphatic carbocycles. The molecule has 1 heterocycles. The summed E-state index contributed by atoms with van der Waals surface area (Å²) in [7, 11) is 0. The molecule has 1 aromatic rings. The minimum atomic E-state index is -0.0564. The van der Waals surface area contributed by atoms with Crippen LogP contribution in [0, 0.1) is 10.8 Å². The van der Waals surface area contributed by atoms with Gasteiger partial charge in [0.15, 0.2) is 4.67 Å². The number of nitrogens with one attached hydrogen (secondary N) is 1. The smallest absolute Gasteiger partial charge is 0.255 e. The molecular weight excluding hydrogens is 306 g/mol. The fourth-order valence-electron chi connectivity index (χ4n) is 3.67. The number of carbonyl (C=O) groups is 1. The van der Waals surface area contributed by atoms with Crippen LogP contribution in [0.5, 0.6) is 0 Å². The molecule has 4 heteroatoms. The van der Waals surface area contributed by atoms with Crippen molar-refractivity contribution in [3.63, 3.8) is 0 Å². The Hall–Kier alpha value is -0.770. The van der Waals surface area contributed by atoms with Gasteiger partial charge >= 0.3 is 0 Å². The van der Waals surface area contributed by atoms with Gasteiger partial charge in [0.05, 0.1) is 11.8 Å². The summed E-state index contributed by atoms with van der Waals surface area (Å²) in [4.78, 5) is 12.2. The third-order valence-electron chi connectivity index (χ3n) is 3.75. The predicted octanol–water partition coefficient (Wildman–Crippen LogP) is 4.38. The van der Waals surface area contributed by atoms with Gasteiger partial charge in [0.25, 0.3) is 5.91 Å². The molecule has 1 fully saturated rings. The largest absolute Gasteiger partial charge is 0.457 e. The lowest BCUT2D eigenvalue weighted by atomic mass is 9.63. The summed E-state index contributed by atoms with van der Waals surface area (Å²) in [6.07, 6.45) is 4.77. The highest BCUT2D eigenvalue weighted by Crippen LogP contribution is 2.45. The van der Waals surface area contributed by atoms with Gasteiger partial charge in [-0.1, -0.05) is 27.7 Å². The summed E-state index contributed by atoms with van der Waals surface area (Å²) in [5, 5.41) is 3.14. The van der Waals surface area contributed by atoms with Crippen molar-refractivity contribution in [2.24, 2.45) is 10.8 Å². The SMILES string of the molecule is CC1(C)CC(NC(=O)c2ccoc2Br)CC(C)(C)C1. The highest BCUT2D eigenvalue weighted by Gasteiger charge is 2.39. The lowest BCUT2D eigenvalue weighted by molar-refractivity contribution is 0.0712. The van der Waals surface area contributed by atoms with E-state index < -0.39 is 0 Å². The Balaban J connectivity index is 2.07. The fraction of sp³-hybridized carbons (Fsp3) is 0.667. The molecule has 1 N–H and O–H groups in total. The number of carbonyl (C=O) groups excluding carboxylic acids is 1. The average Bonchev–Trinajstić information content (AvgIpc) is 2.58. The van der Waals surface area contributed by atoms with Crippen molar-refractivity contribution in [2.75, 3.05) is 0 Å². The van der Waals surface area contributed by atoms with Crippen LogP contribution in [0.2, 0.25) is 0 Å². The lowest BCUT2D eigenvalue weighted by Gasteiger charge is -2.45. The second-order valence-electron chi connectivity index (χ2n) is 7.19. The van der Waals surface area contributed by atoms with Crippen LogP contribution in [0.4, 0.5) is 0 Å². The molecule has 2 rings (SSSR count). The molecule has 0 saturated heterocycles. The summed E-state index contributed by atoms with van der Waals surface area (Å²) >= 11 is 3.25. The van der Waals surface area contributed by atoms with Crippen molar-refractivity contribution in [3.05, 3.63) is 22.6 Å². The van der Waals surface area contributed by atoms with Crippen LogP contribution in [0.25, 0.3) is 0 Å². The minimum absolute atomic E-state index is 0.0564. The monoisotopic (exact) mass is 327 g/mol. The van der Waals surface area contributed by atoms with E-state index >= 15 is 0 Å². The molecule has 0 atom stereocenters. The van der Waals surface area contributed by atoms with Crippen molar-refractivity contribution in [1.82, 2.24) is 5.32 Å². The third kappa shape index (κ3) is 3.62. The van der Waals surface area contributed by atoms with Gasteiger partial charge in [-0.25, -0.2) is 0 Å². The summed E-state index contributed by atoms with van der Waals surface area (Å²) in [5.41, 5.74) is 1.11. The van der Waals surface area contributed by atoms with Crippen LogP contribution in [-0.4, -0.2) is 11.9 Å². The van der Waals surface area contributed by atoms with Crippen molar-refractivity contribution in [3.8, 4) is 0 Å². The van der Waals surface area contributed by atoms with Gasteiger partial charge in [0, 0.05) is 6.04 Å². The molecular formula is C15H22BrNO2. The summed E-state index contributed by atoms with van der Waals surface area (Å²) in [5.74, 6) is -0.0564. The summed E-state index contributed by atoms with van der Waals surface area (Å²) < 4.78 is 5.61. The summed E-state index contributed by atoms with van der Waals surface area (Å²) in [6, 6.07) is 1.92. The first-order valence-corrected chi connectivity index (χ1v) is 7.52. The first-order valence-electron chi connectivity index (χ1n) is 6.72. The maximum atomic E-state index is 12.2. The van der Waals surface area contributed by atoms with E-state index in [1.165, 1.54) is 12.7 Å². The van der Waals surface area contributed by atoms with Gasteiger partial charge in [-0.05, 0) is 52.1 Å². The second kappa shape index (κ2) is 4.97. The maximum Gasteiger partial charge on any atom is 0.255 e. The number of rotatable bonds is 2. The zero-order chi connectivity index (χ0) is 14.3. The van der Waals surface area contributed by atoms with Crippen molar-refractivity contribution in [2.45, 2.75) is 53.0 Å². The molecule has 1 amide bonds. The molecule has 0 bridgehead atoms. The van der Waals surface area contributed by atoms with Crippen molar-refractivity contribution in [1.29, 1.82) is 0 Å². The van der Waals surface area contributed by atoms with E-state index in [2.05, 4.69) is 48.9 Å². The van der Waals surface area contributed by atoms with E-state index in [0.717, 1.165) is 12.8 Å². The molecule has 3 nitrogen and oxygen atoms in total. The van der Waals surface area contributed by atoms with Crippen LogP contribution in [-0.2, 0) is 0 Å². The molecule has 0 spiro atoms. The lowest BCUT2D eigenvalue weighted by Crippen LogP contribution is -2.46. The third-order valence-corrected chi connectivity index (χ3v) is 4.37. The number of amides is 1. The molecule has 0 radical (unpaired) electrons.